The van der Waals surface area contributed by atoms with Crippen molar-refractivity contribution < 1.29 is 4.79 Å². The number of nitrogens with one attached hydrogen (secondary N) is 1. The highest BCUT2D eigenvalue weighted by Gasteiger charge is 2.05. The molecule has 0 aromatic heterocycles. The van der Waals surface area contributed by atoms with Gasteiger partial charge < -0.3 is 5.32 Å². The quantitative estimate of drug-likeness (QED) is 0.674. The highest BCUT2D eigenvalue weighted by atomic mass is 16.1. The number of azo groups is 1. The van der Waals surface area contributed by atoms with Gasteiger partial charge in [-0.2, -0.15) is 10.2 Å². The van der Waals surface area contributed by atoms with Crippen molar-refractivity contribution in [2.75, 3.05) is 13.6 Å². The lowest BCUT2D eigenvalue weighted by atomic mass is 10.2. The third-order valence-corrected chi connectivity index (χ3v) is 1.77. The molecule has 0 aliphatic rings. The molecule has 14 heavy (non-hydrogen) atoms. The van der Waals surface area contributed by atoms with Gasteiger partial charge in [-0.3, -0.25) is 4.79 Å². The van der Waals surface area contributed by atoms with Crippen LogP contribution < -0.4 is 5.32 Å². The Bertz CT molecular complexity index is 232. The number of hydrogen-bond donors (Lipinski definition) is 1. The summed E-state index contributed by atoms with van der Waals surface area (Å²) in [6.07, 6.45) is 2.63. The SMILES string of the molecule is C/C=C(CCNC(=O)C(C)C)\N=N/C. The largest absolute Gasteiger partial charge is 0.355 e. The van der Waals surface area contributed by atoms with Crippen molar-refractivity contribution in [3.63, 3.8) is 0 Å². The number of carbonyl (C=O) groups excluding carboxylic acids is 1. The highest BCUT2D eigenvalue weighted by Crippen LogP contribution is 2.02. The minimum absolute atomic E-state index is 0.0388. The molecule has 0 aromatic carbocycles. The van der Waals surface area contributed by atoms with Crippen molar-refractivity contribution in [2.45, 2.75) is 27.2 Å². The zero-order valence-corrected chi connectivity index (χ0v) is 9.37. The predicted octanol–water partition coefficient (Wildman–Crippen LogP) is 2.13. The molecule has 80 valence electrons. The minimum Gasteiger partial charge on any atom is -0.355 e. The predicted molar refractivity (Wildman–Crippen MR) is 57.0 cm³/mol. The van der Waals surface area contributed by atoms with E-state index in [0.29, 0.717) is 6.54 Å². The van der Waals surface area contributed by atoms with Gasteiger partial charge in [0.05, 0.1) is 5.70 Å². The number of allylic oxidation sites excluding steroid dienone is 1. The van der Waals surface area contributed by atoms with Gasteiger partial charge in [0.25, 0.3) is 0 Å². The lowest BCUT2D eigenvalue weighted by molar-refractivity contribution is -0.123. The summed E-state index contributed by atoms with van der Waals surface area (Å²) in [5.74, 6) is 0.116. The van der Waals surface area contributed by atoms with E-state index in [1.807, 2.05) is 26.8 Å². The molecule has 0 rings (SSSR count). The van der Waals surface area contributed by atoms with Crippen LogP contribution in [0, 0.1) is 5.92 Å². The molecule has 4 nitrogen and oxygen atoms in total. The zero-order chi connectivity index (χ0) is 11.0. The van der Waals surface area contributed by atoms with E-state index in [4.69, 9.17) is 0 Å². The van der Waals surface area contributed by atoms with Crippen LogP contribution >= 0.6 is 0 Å². The Balaban J connectivity index is 3.78. The van der Waals surface area contributed by atoms with Gasteiger partial charge in [-0.05, 0) is 6.92 Å². The monoisotopic (exact) mass is 197 g/mol. The van der Waals surface area contributed by atoms with Crippen molar-refractivity contribution in [2.24, 2.45) is 16.1 Å². The molecule has 1 amide bonds. The molecule has 0 aliphatic heterocycles. The molecule has 0 spiro atoms. The second kappa shape index (κ2) is 7.24. The van der Waals surface area contributed by atoms with E-state index in [0.717, 1.165) is 12.1 Å². The summed E-state index contributed by atoms with van der Waals surface area (Å²) in [6, 6.07) is 0. The molecule has 0 aliphatic carbocycles. The molecule has 0 aromatic rings. The molecule has 0 unspecified atom stereocenters. The summed E-state index contributed by atoms with van der Waals surface area (Å²) in [4.78, 5) is 11.2. The Morgan fingerprint density at radius 3 is 2.57 bits per heavy atom. The lowest BCUT2D eigenvalue weighted by Crippen LogP contribution is -2.28. The van der Waals surface area contributed by atoms with E-state index in [-0.39, 0.29) is 11.8 Å². The van der Waals surface area contributed by atoms with Gasteiger partial charge in [-0.25, -0.2) is 0 Å². The number of nitrogens with zero attached hydrogens (tertiary/aromatic N) is 2. The third-order valence-electron chi connectivity index (χ3n) is 1.77. The summed E-state index contributed by atoms with van der Waals surface area (Å²) in [6.45, 7) is 6.28. The number of rotatable bonds is 5. The average molecular weight is 197 g/mol. The molecule has 1 N–H and O–H groups in total. The number of amides is 1. The molecule has 0 atom stereocenters. The molecular weight excluding hydrogens is 178 g/mol. The molecule has 0 saturated heterocycles. The molecule has 0 saturated carbocycles. The van der Waals surface area contributed by atoms with Gasteiger partial charge in [0.15, 0.2) is 0 Å². The van der Waals surface area contributed by atoms with Crippen molar-refractivity contribution in [3.05, 3.63) is 11.8 Å². The Hall–Kier alpha value is -1.19. The fourth-order valence-corrected chi connectivity index (χ4v) is 0.898. The van der Waals surface area contributed by atoms with E-state index < -0.39 is 0 Å². The summed E-state index contributed by atoms with van der Waals surface area (Å²) in [5.41, 5.74) is 0.900. The molecule has 0 heterocycles. The van der Waals surface area contributed by atoms with Gasteiger partial charge in [0.1, 0.15) is 0 Å². The van der Waals surface area contributed by atoms with E-state index in [2.05, 4.69) is 15.5 Å². The standard InChI is InChI=1S/C10H19N3O/c1-5-9(13-11-4)6-7-12-10(14)8(2)3/h5,8H,6-7H2,1-4H3,(H,12,14)/b9-5-,13-11-. The summed E-state index contributed by atoms with van der Waals surface area (Å²) in [5, 5.41) is 10.4. The normalized spacial score (nSPS) is 12.5. The Kier molecular flexibility index (Phi) is 6.62. The Morgan fingerprint density at radius 2 is 2.14 bits per heavy atom. The molecule has 0 radical (unpaired) electrons. The first kappa shape index (κ1) is 12.8. The van der Waals surface area contributed by atoms with Crippen molar-refractivity contribution in [1.82, 2.24) is 5.32 Å². The van der Waals surface area contributed by atoms with Crippen molar-refractivity contribution in [3.8, 4) is 0 Å². The van der Waals surface area contributed by atoms with Gasteiger partial charge in [0.2, 0.25) is 5.91 Å². The van der Waals surface area contributed by atoms with E-state index in [1.54, 1.807) is 7.05 Å². The molecule has 4 heteroatoms. The molecule has 0 fully saturated rings. The first-order valence-electron chi connectivity index (χ1n) is 4.84. The van der Waals surface area contributed by atoms with Crippen LogP contribution in [0.4, 0.5) is 0 Å². The van der Waals surface area contributed by atoms with Crippen LogP contribution in [0.3, 0.4) is 0 Å². The summed E-state index contributed by atoms with van der Waals surface area (Å²) in [7, 11) is 1.64. The number of carbonyl (C=O) groups is 1. The van der Waals surface area contributed by atoms with Crippen LogP contribution in [-0.2, 0) is 4.79 Å². The van der Waals surface area contributed by atoms with Gasteiger partial charge in [-0.15, -0.1) is 0 Å². The van der Waals surface area contributed by atoms with E-state index in [9.17, 15) is 4.79 Å². The molecular formula is C10H19N3O. The van der Waals surface area contributed by atoms with E-state index >= 15 is 0 Å². The smallest absolute Gasteiger partial charge is 0.222 e. The van der Waals surface area contributed by atoms with Crippen molar-refractivity contribution in [1.29, 1.82) is 0 Å². The van der Waals surface area contributed by atoms with Crippen LogP contribution in [-0.4, -0.2) is 19.5 Å². The lowest BCUT2D eigenvalue weighted by Gasteiger charge is -2.06. The Morgan fingerprint density at radius 1 is 1.50 bits per heavy atom. The van der Waals surface area contributed by atoms with Crippen LogP contribution in [0.25, 0.3) is 0 Å². The van der Waals surface area contributed by atoms with Gasteiger partial charge >= 0.3 is 0 Å². The third kappa shape index (κ3) is 5.45. The van der Waals surface area contributed by atoms with Crippen LogP contribution in [0.15, 0.2) is 22.0 Å². The van der Waals surface area contributed by atoms with Crippen molar-refractivity contribution >= 4 is 5.91 Å². The molecule has 0 bridgehead atoms. The maximum Gasteiger partial charge on any atom is 0.222 e. The first-order valence-corrected chi connectivity index (χ1v) is 4.84. The minimum atomic E-state index is 0.0388. The fraction of sp³-hybridized carbons (Fsp3) is 0.700. The zero-order valence-electron chi connectivity index (χ0n) is 9.37. The fourth-order valence-electron chi connectivity index (χ4n) is 0.898. The van der Waals surface area contributed by atoms with Crippen LogP contribution in [0.5, 0.6) is 0 Å². The first-order chi connectivity index (χ1) is 6.61. The summed E-state index contributed by atoms with van der Waals surface area (Å²) >= 11 is 0. The maximum atomic E-state index is 11.2. The highest BCUT2D eigenvalue weighted by molar-refractivity contribution is 5.77. The second-order valence-corrected chi connectivity index (χ2v) is 3.28. The Labute approximate surface area is 85.5 Å². The topological polar surface area (TPSA) is 53.8 Å². The van der Waals surface area contributed by atoms with Gasteiger partial charge in [-0.1, -0.05) is 19.9 Å². The van der Waals surface area contributed by atoms with E-state index in [1.165, 1.54) is 0 Å². The number of hydrogen-bond acceptors (Lipinski definition) is 3. The summed E-state index contributed by atoms with van der Waals surface area (Å²) < 4.78 is 0. The van der Waals surface area contributed by atoms with Crippen LogP contribution in [0.2, 0.25) is 0 Å². The van der Waals surface area contributed by atoms with Gasteiger partial charge in [0, 0.05) is 25.9 Å². The average Bonchev–Trinajstić information content (AvgIpc) is 2.16. The second-order valence-electron chi connectivity index (χ2n) is 3.28. The maximum absolute atomic E-state index is 11.2. The van der Waals surface area contributed by atoms with Crippen LogP contribution in [0.1, 0.15) is 27.2 Å².